The zero-order chi connectivity index (χ0) is 26.0. The Morgan fingerprint density at radius 2 is 1.89 bits per heavy atom. The second-order valence-corrected chi connectivity index (χ2v) is 11.0. The largest absolute Gasteiger partial charge is 0.458 e. The highest BCUT2D eigenvalue weighted by atomic mass is 19.1. The first kappa shape index (κ1) is 25.9. The Balaban J connectivity index is 1.84. The Bertz CT molecular complexity index is 996. The van der Waals surface area contributed by atoms with Crippen molar-refractivity contribution in [3.63, 3.8) is 0 Å². The zero-order valence-corrected chi connectivity index (χ0v) is 20.5. The van der Waals surface area contributed by atoms with Crippen LogP contribution < -0.4 is 0 Å². The summed E-state index contributed by atoms with van der Waals surface area (Å²) in [7, 11) is 0. The fourth-order valence-electron chi connectivity index (χ4n) is 7.84. The topological polar surface area (TPSA) is 89.9 Å². The van der Waals surface area contributed by atoms with Crippen LogP contribution in [0.3, 0.4) is 0 Å². The summed E-state index contributed by atoms with van der Waals surface area (Å²) in [5.41, 5.74) is -6.40. The number of halogens is 3. The minimum absolute atomic E-state index is 0.0179. The van der Waals surface area contributed by atoms with Gasteiger partial charge >= 0.3 is 11.9 Å². The Kier molecular flexibility index (Phi) is 6.26. The first-order chi connectivity index (χ1) is 16.3. The van der Waals surface area contributed by atoms with E-state index in [-0.39, 0.29) is 24.8 Å². The predicted octanol–water partition coefficient (Wildman–Crippen LogP) is 4.10. The number of ketones is 1. The molecule has 0 saturated heterocycles. The molecule has 0 unspecified atom stereocenters. The van der Waals surface area contributed by atoms with Crippen molar-refractivity contribution >= 4 is 17.7 Å². The van der Waals surface area contributed by atoms with Crippen molar-refractivity contribution in [2.24, 2.45) is 28.6 Å². The third-order valence-corrected chi connectivity index (χ3v) is 9.60. The Hall–Kier alpha value is -2.16. The number of hydrogen-bond donors (Lipinski definition) is 1. The van der Waals surface area contributed by atoms with E-state index in [4.69, 9.17) is 4.74 Å². The van der Waals surface area contributed by atoms with Gasteiger partial charge in [-0.2, -0.15) is 0 Å². The van der Waals surface area contributed by atoms with Crippen molar-refractivity contribution in [3.8, 4) is 0 Å². The highest BCUT2D eigenvalue weighted by molar-refractivity contribution is 6.01. The molecule has 35 heavy (non-hydrogen) atoms. The van der Waals surface area contributed by atoms with Gasteiger partial charge in [0.15, 0.2) is 11.5 Å². The normalized spacial score (nSPS) is 46.2. The Morgan fingerprint density at radius 3 is 2.51 bits per heavy atom. The van der Waals surface area contributed by atoms with Gasteiger partial charge in [-0.1, -0.05) is 26.8 Å². The molecule has 1 N–H and O–H groups in total. The highest BCUT2D eigenvalue weighted by Crippen LogP contribution is 2.72. The highest BCUT2D eigenvalue weighted by Gasteiger charge is 2.76. The first-order valence-corrected chi connectivity index (χ1v) is 12.2. The van der Waals surface area contributed by atoms with Gasteiger partial charge in [-0.25, -0.2) is 13.2 Å². The molecule has 0 radical (unpaired) electrons. The summed E-state index contributed by atoms with van der Waals surface area (Å²) in [5, 5.41) is 11.4. The molecular formula is C26H33F3O6. The quantitative estimate of drug-likeness (QED) is 0.574. The average Bonchev–Trinajstić information content (AvgIpc) is 2.98. The summed E-state index contributed by atoms with van der Waals surface area (Å²) in [4.78, 5) is 37.0. The molecule has 9 heteroatoms. The van der Waals surface area contributed by atoms with Gasteiger partial charge in [0.25, 0.3) is 0 Å². The summed E-state index contributed by atoms with van der Waals surface area (Å²) >= 11 is 0. The monoisotopic (exact) mass is 498 g/mol. The molecule has 4 aliphatic carbocycles. The van der Waals surface area contributed by atoms with Crippen LogP contribution in [0.4, 0.5) is 13.2 Å². The van der Waals surface area contributed by atoms with Gasteiger partial charge in [-0.3, -0.25) is 14.4 Å². The lowest BCUT2D eigenvalue weighted by Gasteiger charge is -2.63. The molecule has 0 aliphatic heterocycles. The van der Waals surface area contributed by atoms with Gasteiger partial charge in [0.1, 0.15) is 11.8 Å². The van der Waals surface area contributed by atoms with E-state index in [9.17, 15) is 23.9 Å². The molecule has 3 saturated carbocycles. The summed E-state index contributed by atoms with van der Waals surface area (Å²) in [6, 6.07) is 0. The van der Waals surface area contributed by atoms with Crippen LogP contribution in [0.5, 0.6) is 0 Å². The lowest BCUT2D eigenvalue weighted by Crippen LogP contribution is -2.70. The molecule has 0 spiro atoms. The van der Waals surface area contributed by atoms with Crippen LogP contribution in [0.15, 0.2) is 23.8 Å². The smallest absolute Gasteiger partial charge is 0.312 e. The van der Waals surface area contributed by atoms with Crippen molar-refractivity contribution in [2.45, 2.75) is 83.3 Å². The third kappa shape index (κ3) is 3.36. The van der Waals surface area contributed by atoms with E-state index in [0.717, 1.165) is 6.08 Å². The summed E-state index contributed by atoms with van der Waals surface area (Å²) < 4.78 is 56.1. The molecular weight excluding hydrogens is 465 g/mol. The van der Waals surface area contributed by atoms with Crippen molar-refractivity contribution in [3.05, 3.63) is 23.8 Å². The number of esters is 2. The van der Waals surface area contributed by atoms with E-state index in [0.29, 0.717) is 6.42 Å². The first-order valence-electron chi connectivity index (χ1n) is 12.2. The molecule has 4 aliphatic rings. The number of aliphatic hydroxyl groups is 1. The van der Waals surface area contributed by atoms with Gasteiger partial charge < -0.3 is 14.6 Å². The van der Waals surface area contributed by atoms with E-state index < -0.39 is 83.1 Å². The maximum Gasteiger partial charge on any atom is 0.312 e. The van der Waals surface area contributed by atoms with Crippen LogP contribution >= 0.6 is 0 Å². The SMILES string of the molecule is CCC(=O)O[C@]1(CC(=O)OCF)[C@H](C)C[C@H]2[C@@H]3C[C@H](F)C4=CC(=O)C=C[C@]4(C)[C@@]3(F)[C@@H](O)C[C@@]21C. The predicted molar refractivity (Wildman–Crippen MR) is 119 cm³/mol. The van der Waals surface area contributed by atoms with Crippen molar-refractivity contribution in [1.29, 1.82) is 0 Å². The molecule has 0 bridgehead atoms. The van der Waals surface area contributed by atoms with Gasteiger partial charge in [0.05, 0.1) is 12.5 Å². The zero-order valence-electron chi connectivity index (χ0n) is 20.5. The number of fused-ring (bicyclic) bond motifs is 5. The number of rotatable bonds is 5. The number of aliphatic hydroxyl groups excluding tert-OH is 1. The molecule has 9 atom stereocenters. The Morgan fingerprint density at radius 1 is 1.20 bits per heavy atom. The third-order valence-electron chi connectivity index (χ3n) is 9.60. The van der Waals surface area contributed by atoms with Crippen molar-refractivity contribution < 1.29 is 42.1 Å². The summed E-state index contributed by atoms with van der Waals surface area (Å²) in [6.45, 7) is 5.26. The molecule has 194 valence electrons. The van der Waals surface area contributed by atoms with E-state index >= 15 is 8.78 Å². The minimum Gasteiger partial charge on any atom is -0.458 e. The average molecular weight is 499 g/mol. The molecule has 0 aromatic rings. The fourth-order valence-corrected chi connectivity index (χ4v) is 7.84. The van der Waals surface area contributed by atoms with Crippen molar-refractivity contribution in [2.75, 3.05) is 6.86 Å². The molecule has 0 amide bonds. The molecule has 0 aromatic carbocycles. The number of carbonyl (C=O) groups excluding carboxylic acids is 3. The second-order valence-electron chi connectivity index (χ2n) is 11.0. The number of allylic oxidation sites excluding steroid dienone is 4. The lowest BCUT2D eigenvalue weighted by atomic mass is 9.44. The van der Waals surface area contributed by atoms with Crippen LogP contribution in [-0.2, 0) is 23.9 Å². The molecule has 0 heterocycles. The number of hydrogen-bond acceptors (Lipinski definition) is 6. The standard InChI is InChI=1S/C26H33F3O6/c1-5-21(32)35-25(12-22(33)34-13-27)14(2)8-16-17-10-19(28)18-9-15(30)6-7-23(18,3)26(17,29)20(31)11-24(16,25)4/h6-7,9,14,16-17,19-20,31H,5,8,10-13H2,1-4H3/t14-,16+,17+,19+,20+,23+,24+,25-,26+/m1/s1. The molecule has 6 nitrogen and oxygen atoms in total. The number of ether oxygens (including phenoxy) is 2. The lowest BCUT2D eigenvalue weighted by molar-refractivity contribution is -0.236. The van der Waals surface area contributed by atoms with Gasteiger partial charge in [-0.15, -0.1) is 0 Å². The maximum atomic E-state index is 17.3. The van der Waals surface area contributed by atoms with Crippen LogP contribution in [0.1, 0.15) is 59.8 Å². The summed E-state index contributed by atoms with van der Waals surface area (Å²) in [6.07, 6.45) is -0.0623. The fraction of sp³-hybridized carbons (Fsp3) is 0.731. The van der Waals surface area contributed by atoms with Gasteiger partial charge in [0.2, 0.25) is 6.86 Å². The number of carbonyl (C=O) groups is 3. The van der Waals surface area contributed by atoms with Crippen LogP contribution in [0, 0.1) is 28.6 Å². The van der Waals surface area contributed by atoms with Crippen LogP contribution in [-0.4, -0.2) is 53.2 Å². The van der Waals surface area contributed by atoms with E-state index in [1.807, 2.05) is 0 Å². The van der Waals surface area contributed by atoms with Crippen molar-refractivity contribution in [1.82, 2.24) is 0 Å². The minimum atomic E-state index is -2.28. The molecule has 3 fully saturated rings. The van der Waals surface area contributed by atoms with E-state index in [1.54, 1.807) is 20.8 Å². The molecule has 4 rings (SSSR count). The summed E-state index contributed by atoms with van der Waals surface area (Å²) in [5.74, 6) is -3.93. The van der Waals surface area contributed by atoms with Crippen LogP contribution in [0.2, 0.25) is 0 Å². The Labute approximate surface area is 202 Å². The van der Waals surface area contributed by atoms with Crippen LogP contribution in [0.25, 0.3) is 0 Å². The molecule has 0 aromatic heterocycles. The number of alkyl halides is 3. The maximum absolute atomic E-state index is 17.3. The van der Waals surface area contributed by atoms with Gasteiger partial charge in [-0.05, 0) is 55.7 Å². The van der Waals surface area contributed by atoms with E-state index in [1.165, 1.54) is 19.1 Å². The van der Waals surface area contributed by atoms with Gasteiger partial charge in [0, 0.05) is 23.2 Å². The van der Waals surface area contributed by atoms with E-state index in [2.05, 4.69) is 4.74 Å². The second kappa shape index (κ2) is 8.46.